The molecule has 0 saturated carbocycles. The zero-order chi connectivity index (χ0) is 20.6. The van der Waals surface area contributed by atoms with Gasteiger partial charge in [0, 0.05) is 25.5 Å². The average molecular weight is 411 g/mol. The largest absolute Gasteiger partial charge is 0.388 e. The van der Waals surface area contributed by atoms with Crippen LogP contribution in [0.25, 0.3) is 0 Å². The maximum Gasteiger partial charge on any atom is 0.287 e. The van der Waals surface area contributed by atoms with Crippen molar-refractivity contribution in [1.29, 1.82) is 0 Å². The predicted octanol–water partition coefficient (Wildman–Crippen LogP) is 1.64. The van der Waals surface area contributed by atoms with E-state index in [0.29, 0.717) is 25.0 Å². The molecule has 1 amide bonds. The van der Waals surface area contributed by atoms with Crippen molar-refractivity contribution in [1.82, 2.24) is 20.2 Å². The van der Waals surface area contributed by atoms with Gasteiger partial charge in [-0.1, -0.05) is 24.3 Å². The summed E-state index contributed by atoms with van der Waals surface area (Å²) in [6, 6.07) is 8.59. The van der Waals surface area contributed by atoms with Crippen molar-refractivity contribution in [3.63, 3.8) is 0 Å². The van der Waals surface area contributed by atoms with Crippen molar-refractivity contribution in [2.45, 2.75) is 55.8 Å². The number of fused-ring (bicyclic) bond motifs is 2. The Labute approximate surface area is 176 Å². The first-order valence-electron chi connectivity index (χ1n) is 11.1. The van der Waals surface area contributed by atoms with Crippen molar-refractivity contribution in [3.05, 3.63) is 53.6 Å². The Morgan fingerprint density at radius 2 is 2.13 bits per heavy atom. The highest BCUT2D eigenvalue weighted by atomic mass is 16.5. The highest BCUT2D eigenvalue weighted by molar-refractivity contribution is 5.90. The van der Waals surface area contributed by atoms with E-state index >= 15 is 0 Å². The second-order valence-electron chi connectivity index (χ2n) is 8.94. The van der Waals surface area contributed by atoms with Crippen LogP contribution in [-0.4, -0.2) is 70.4 Å². The lowest BCUT2D eigenvalue weighted by Crippen LogP contribution is -2.57. The summed E-state index contributed by atoms with van der Waals surface area (Å²) in [6.07, 6.45) is 7.52. The van der Waals surface area contributed by atoms with Gasteiger partial charge in [-0.05, 0) is 61.7 Å². The topological polar surface area (TPSA) is 90.5 Å². The number of likely N-dealkylation sites (tertiary alicyclic amines) is 1. The number of aliphatic hydroxyl groups is 1. The number of piperidine rings is 1. The molecule has 3 aliphatic rings. The molecular weight excluding hydrogens is 380 g/mol. The number of hydrogen-bond acceptors (Lipinski definition) is 5. The maximum atomic E-state index is 12.3. The van der Waals surface area contributed by atoms with Gasteiger partial charge in [0.25, 0.3) is 5.91 Å². The van der Waals surface area contributed by atoms with Crippen LogP contribution in [-0.2, 0) is 16.6 Å². The molecule has 3 atom stereocenters. The molecule has 7 nitrogen and oxygen atoms in total. The van der Waals surface area contributed by atoms with E-state index in [0.717, 1.165) is 25.9 Å². The van der Waals surface area contributed by atoms with Crippen LogP contribution in [0.15, 0.2) is 36.7 Å². The van der Waals surface area contributed by atoms with Crippen LogP contribution < -0.4 is 5.32 Å². The molecule has 3 heterocycles. The summed E-state index contributed by atoms with van der Waals surface area (Å²) >= 11 is 0. The van der Waals surface area contributed by atoms with Gasteiger partial charge in [0.15, 0.2) is 5.82 Å². The summed E-state index contributed by atoms with van der Waals surface area (Å²) in [6.45, 7) is 3.27. The molecule has 30 heavy (non-hydrogen) atoms. The molecular formula is C23H30N4O3. The van der Waals surface area contributed by atoms with Crippen molar-refractivity contribution in [3.8, 4) is 0 Å². The molecule has 0 bridgehead atoms. The molecule has 3 N–H and O–H groups in total. The highest BCUT2D eigenvalue weighted by Crippen LogP contribution is 2.46. The third kappa shape index (κ3) is 3.66. The number of imidazole rings is 1. The number of benzene rings is 1. The van der Waals surface area contributed by atoms with Gasteiger partial charge in [-0.15, -0.1) is 0 Å². The molecule has 5 rings (SSSR count). The zero-order valence-electron chi connectivity index (χ0n) is 17.2. The monoisotopic (exact) mass is 410 g/mol. The highest BCUT2D eigenvalue weighted by Gasteiger charge is 2.42. The minimum Gasteiger partial charge on any atom is -0.388 e. The summed E-state index contributed by atoms with van der Waals surface area (Å²) < 4.78 is 5.90. The molecule has 2 aromatic rings. The van der Waals surface area contributed by atoms with E-state index in [1.54, 1.807) is 18.0 Å². The lowest BCUT2D eigenvalue weighted by molar-refractivity contribution is -0.102. The number of nitrogens with one attached hydrogen (secondary N) is 2. The van der Waals surface area contributed by atoms with Gasteiger partial charge < -0.3 is 25.0 Å². The summed E-state index contributed by atoms with van der Waals surface area (Å²) in [5.41, 5.74) is 3.41. The van der Waals surface area contributed by atoms with Crippen LogP contribution >= 0.6 is 0 Å². The molecule has 1 aliphatic carbocycles. The number of nitrogens with zero attached hydrogens (tertiary/aromatic N) is 2. The van der Waals surface area contributed by atoms with Crippen molar-refractivity contribution in [2.24, 2.45) is 0 Å². The van der Waals surface area contributed by atoms with E-state index in [1.165, 1.54) is 18.4 Å². The van der Waals surface area contributed by atoms with Crippen LogP contribution in [0.1, 0.15) is 47.4 Å². The van der Waals surface area contributed by atoms with Gasteiger partial charge in [-0.3, -0.25) is 4.79 Å². The van der Waals surface area contributed by atoms with Gasteiger partial charge in [-0.25, -0.2) is 4.98 Å². The number of ether oxygens (including phenoxy) is 1. The van der Waals surface area contributed by atoms with E-state index in [9.17, 15) is 9.90 Å². The van der Waals surface area contributed by atoms with E-state index in [2.05, 4.69) is 44.5 Å². The Morgan fingerprint density at radius 1 is 1.30 bits per heavy atom. The van der Waals surface area contributed by atoms with Crippen LogP contribution in [0.2, 0.25) is 0 Å². The minimum atomic E-state index is -0.722. The Morgan fingerprint density at radius 3 is 2.93 bits per heavy atom. The fourth-order valence-electron chi connectivity index (χ4n) is 5.52. The summed E-state index contributed by atoms with van der Waals surface area (Å²) in [7, 11) is 0. The van der Waals surface area contributed by atoms with Gasteiger partial charge >= 0.3 is 0 Å². The van der Waals surface area contributed by atoms with Gasteiger partial charge in [-0.2, -0.15) is 0 Å². The van der Waals surface area contributed by atoms with Crippen molar-refractivity contribution in [2.75, 3.05) is 26.2 Å². The molecule has 0 unspecified atom stereocenters. The first kappa shape index (κ1) is 19.7. The summed E-state index contributed by atoms with van der Waals surface area (Å²) in [4.78, 5) is 21.5. The van der Waals surface area contributed by atoms with E-state index < -0.39 is 6.10 Å². The first-order valence-corrected chi connectivity index (χ1v) is 11.1. The fraction of sp³-hybridized carbons (Fsp3) is 0.565. The minimum absolute atomic E-state index is 0.267. The quantitative estimate of drug-likeness (QED) is 0.713. The van der Waals surface area contributed by atoms with E-state index in [-0.39, 0.29) is 23.9 Å². The number of aryl methyl sites for hydroxylation is 1. The number of hydrogen-bond donors (Lipinski definition) is 3. The molecule has 1 spiro atoms. The molecule has 2 aliphatic heterocycles. The number of amides is 1. The molecule has 1 aromatic carbocycles. The number of carbonyl (C=O) groups excluding carboxylic acids is 1. The van der Waals surface area contributed by atoms with Crippen LogP contribution in [0, 0.1) is 0 Å². The molecule has 7 heteroatoms. The number of H-pyrrole nitrogens is 1. The van der Waals surface area contributed by atoms with E-state index in [1.807, 2.05) is 0 Å². The molecule has 160 valence electrons. The Bertz CT molecular complexity index is 876. The number of aromatic amines is 1. The van der Waals surface area contributed by atoms with Gasteiger partial charge in [0.2, 0.25) is 0 Å². The SMILES string of the molecule is O=C(N[C@H]1CCO[C@H](CN2CCC3(CCc4ccccc43)CC2)[C@H]1O)c1ncc[nH]1. The summed E-state index contributed by atoms with van der Waals surface area (Å²) in [5.74, 6) is -0.0204. The van der Waals surface area contributed by atoms with Gasteiger partial charge in [0.05, 0.1) is 12.1 Å². The third-order valence-electron chi connectivity index (χ3n) is 7.30. The van der Waals surface area contributed by atoms with Crippen LogP contribution in [0.5, 0.6) is 0 Å². The average Bonchev–Trinajstić information content (AvgIpc) is 3.42. The molecule has 2 fully saturated rings. The lowest BCUT2D eigenvalue weighted by atomic mass is 9.74. The molecule has 2 saturated heterocycles. The van der Waals surface area contributed by atoms with Gasteiger partial charge in [0.1, 0.15) is 6.10 Å². The second kappa shape index (κ2) is 8.13. The van der Waals surface area contributed by atoms with Crippen molar-refractivity contribution >= 4 is 5.91 Å². The molecule has 0 radical (unpaired) electrons. The summed E-state index contributed by atoms with van der Waals surface area (Å²) in [5, 5.41) is 13.8. The first-order chi connectivity index (χ1) is 14.6. The molecule has 1 aromatic heterocycles. The van der Waals surface area contributed by atoms with Crippen LogP contribution in [0.4, 0.5) is 0 Å². The standard InChI is InChI=1S/C23H30N4O3/c28-20-18(26-22(29)21-24-10-11-25-21)6-14-30-19(20)15-27-12-8-23(9-13-27)7-5-16-3-1-2-4-17(16)23/h1-4,10-11,18-20,28H,5-9,12-15H2,(H,24,25)(H,26,29)/t18-,19+,20-/m0/s1. The van der Waals surface area contributed by atoms with Crippen LogP contribution in [0.3, 0.4) is 0 Å². The third-order valence-corrected chi connectivity index (χ3v) is 7.30. The predicted molar refractivity (Wildman–Crippen MR) is 112 cm³/mol. The number of rotatable bonds is 4. The number of aliphatic hydroxyl groups excluding tert-OH is 1. The van der Waals surface area contributed by atoms with E-state index in [4.69, 9.17) is 4.74 Å². The second-order valence-corrected chi connectivity index (χ2v) is 8.94. The number of aromatic nitrogens is 2. The Hall–Kier alpha value is -2.22. The normalized spacial score (nSPS) is 28.4. The zero-order valence-corrected chi connectivity index (χ0v) is 17.2. The number of carbonyl (C=O) groups is 1. The lowest BCUT2D eigenvalue weighted by Gasteiger charge is -2.43. The smallest absolute Gasteiger partial charge is 0.287 e. The Kier molecular flexibility index (Phi) is 5.35. The van der Waals surface area contributed by atoms with Crippen molar-refractivity contribution < 1.29 is 14.6 Å². The Balaban J connectivity index is 1.17. The maximum absolute atomic E-state index is 12.3. The fourth-order valence-corrected chi connectivity index (χ4v) is 5.52.